The summed E-state index contributed by atoms with van der Waals surface area (Å²) < 4.78 is 28.9. The number of hydrogen-bond acceptors (Lipinski definition) is 2. The van der Waals surface area contributed by atoms with Crippen LogP contribution >= 0.6 is 0 Å². The third-order valence-electron chi connectivity index (χ3n) is 4.50. The highest BCUT2D eigenvalue weighted by molar-refractivity contribution is 5.69. The molecule has 0 N–H and O–H groups in total. The number of carbonyl (C=O) groups excluding carboxylic acids is 1. The molecule has 2 saturated heterocycles. The van der Waals surface area contributed by atoms with Crippen LogP contribution in [-0.2, 0) is 4.74 Å². The molecular weight excluding hydrogens is 252 g/mol. The Bertz CT molecular complexity index is 327. The molecule has 0 aliphatic carbocycles. The van der Waals surface area contributed by atoms with Crippen molar-refractivity contribution in [3.05, 3.63) is 0 Å². The van der Waals surface area contributed by atoms with Gasteiger partial charge in [0.2, 0.25) is 0 Å². The number of alkyl halides is 2. The van der Waals surface area contributed by atoms with E-state index in [-0.39, 0.29) is 17.5 Å². The normalized spacial score (nSPS) is 30.8. The Morgan fingerprint density at radius 3 is 2.21 bits per heavy atom. The van der Waals surface area contributed by atoms with Crippen LogP contribution in [0.25, 0.3) is 0 Å². The first kappa shape index (κ1) is 14.5. The summed E-state index contributed by atoms with van der Waals surface area (Å²) in [6.07, 6.45) is 0.726. The molecule has 2 bridgehead atoms. The molecule has 2 aliphatic heterocycles. The SMILES string of the molecule is CC(C)(C)C1CC2CCC(C1)N2C(=O)OCC(F)F. The number of nitrogens with zero attached hydrogens (tertiary/aromatic N) is 1. The third kappa shape index (κ3) is 3.18. The summed E-state index contributed by atoms with van der Waals surface area (Å²) in [5.74, 6) is 0.587. The minimum atomic E-state index is -2.59. The van der Waals surface area contributed by atoms with E-state index in [0.29, 0.717) is 5.92 Å². The van der Waals surface area contributed by atoms with Gasteiger partial charge < -0.3 is 9.64 Å². The molecule has 2 unspecified atom stereocenters. The van der Waals surface area contributed by atoms with Crippen molar-refractivity contribution in [3.63, 3.8) is 0 Å². The summed E-state index contributed by atoms with van der Waals surface area (Å²) in [5.41, 5.74) is 0.236. The molecule has 2 aliphatic rings. The Morgan fingerprint density at radius 2 is 1.79 bits per heavy atom. The van der Waals surface area contributed by atoms with Crippen molar-refractivity contribution < 1.29 is 18.3 Å². The van der Waals surface area contributed by atoms with Crippen molar-refractivity contribution in [3.8, 4) is 0 Å². The van der Waals surface area contributed by atoms with Gasteiger partial charge in [0.1, 0.15) is 0 Å². The molecule has 0 aromatic carbocycles. The van der Waals surface area contributed by atoms with Crippen molar-refractivity contribution >= 4 is 6.09 Å². The Hall–Kier alpha value is -0.870. The highest BCUT2D eigenvalue weighted by atomic mass is 19.3. The summed E-state index contributed by atoms with van der Waals surface area (Å²) >= 11 is 0. The molecule has 5 heteroatoms. The highest BCUT2D eigenvalue weighted by Gasteiger charge is 2.46. The van der Waals surface area contributed by atoms with E-state index in [4.69, 9.17) is 0 Å². The van der Waals surface area contributed by atoms with Crippen LogP contribution in [0.4, 0.5) is 13.6 Å². The van der Waals surface area contributed by atoms with Crippen LogP contribution in [0.2, 0.25) is 0 Å². The molecule has 0 saturated carbocycles. The van der Waals surface area contributed by atoms with Gasteiger partial charge in [-0.3, -0.25) is 0 Å². The summed E-state index contributed by atoms with van der Waals surface area (Å²) in [6.45, 7) is 5.88. The second-order valence-electron chi connectivity index (χ2n) is 6.79. The maximum absolute atomic E-state index is 12.1. The molecule has 0 radical (unpaired) electrons. The molecule has 0 spiro atoms. The van der Waals surface area contributed by atoms with Gasteiger partial charge in [0.25, 0.3) is 6.43 Å². The first-order valence-corrected chi connectivity index (χ1v) is 7.02. The van der Waals surface area contributed by atoms with Crippen LogP contribution in [-0.4, -0.2) is 36.1 Å². The molecule has 2 atom stereocenters. The van der Waals surface area contributed by atoms with Crippen LogP contribution in [0.5, 0.6) is 0 Å². The Morgan fingerprint density at radius 1 is 1.26 bits per heavy atom. The Kier molecular flexibility index (Phi) is 4.02. The van der Waals surface area contributed by atoms with E-state index in [1.807, 2.05) is 0 Å². The molecule has 2 rings (SSSR count). The predicted molar refractivity (Wildman–Crippen MR) is 68.2 cm³/mol. The zero-order valence-electron chi connectivity index (χ0n) is 11.9. The van der Waals surface area contributed by atoms with Crippen LogP contribution in [0.1, 0.15) is 46.5 Å². The zero-order chi connectivity index (χ0) is 14.2. The largest absolute Gasteiger partial charge is 0.443 e. The van der Waals surface area contributed by atoms with Crippen molar-refractivity contribution in [2.75, 3.05) is 6.61 Å². The lowest BCUT2D eigenvalue weighted by molar-refractivity contribution is 0.00492. The van der Waals surface area contributed by atoms with E-state index in [1.165, 1.54) is 0 Å². The lowest BCUT2D eigenvalue weighted by atomic mass is 9.73. The number of fused-ring (bicyclic) bond motifs is 2. The van der Waals surface area contributed by atoms with Gasteiger partial charge in [-0.1, -0.05) is 20.8 Å². The fraction of sp³-hybridized carbons (Fsp3) is 0.929. The average Bonchev–Trinajstić information content (AvgIpc) is 2.55. The van der Waals surface area contributed by atoms with E-state index in [9.17, 15) is 13.6 Å². The van der Waals surface area contributed by atoms with Crippen LogP contribution < -0.4 is 0 Å². The van der Waals surface area contributed by atoms with E-state index in [0.717, 1.165) is 25.7 Å². The predicted octanol–water partition coefficient (Wildman–Crippen LogP) is 3.68. The number of carbonyl (C=O) groups is 1. The molecule has 19 heavy (non-hydrogen) atoms. The maximum Gasteiger partial charge on any atom is 0.410 e. The van der Waals surface area contributed by atoms with Crippen molar-refractivity contribution in [1.29, 1.82) is 0 Å². The molecule has 2 fully saturated rings. The summed E-state index contributed by atoms with van der Waals surface area (Å²) in [4.78, 5) is 13.6. The Balaban J connectivity index is 1.97. The summed E-state index contributed by atoms with van der Waals surface area (Å²) in [7, 11) is 0. The molecule has 3 nitrogen and oxygen atoms in total. The fourth-order valence-corrected chi connectivity index (χ4v) is 3.39. The summed E-state index contributed by atoms with van der Waals surface area (Å²) in [6, 6.07) is 0.348. The minimum absolute atomic E-state index is 0.174. The van der Waals surface area contributed by atoms with Gasteiger partial charge in [-0.15, -0.1) is 0 Å². The smallest absolute Gasteiger partial charge is 0.410 e. The van der Waals surface area contributed by atoms with E-state index in [2.05, 4.69) is 25.5 Å². The number of ether oxygens (including phenoxy) is 1. The van der Waals surface area contributed by atoms with Gasteiger partial charge in [-0.25, -0.2) is 13.6 Å². The lowest BCUT2D eigenvalue weighted by Gasteiger charge is -2.43. The van der Waals surface area contributed by atoms with Crippen molar-refractivity contribution in [1.82, 2.24) is 4.90 Å². The van der Waals surface area contributed by atoms with Gasteiger partial charge in [0, 0.05) is 12.1 Å². The quantitative estimate of drug-likeness (QED) is 0.769. The molecular formula is C14H23F2NO2. The van der Waals surface area contributed by atoms with Crippen molar-refractivity contribution in [2.45, 2.75) is 65.0 Å². The number of halogens is 2. The number of piperidine rings is 1. The third-order valence-corrected chi connectivity index (χ3v) is 4.50. The van der Waals surface area contributed by atoms with Crippen molar-refractivity contribution in [2.24, 2.45) is 11.3 Å². The molecule has 0 aromatic rings. The second kappa shape index (κ2) is 5.25. The molecule has 110 valence electrons. The molecule has 1 amide bonds. The highest BCUT2D eigenvalue weighted by Crippen LogP contribution is 2.45. The topological polar surface area (TPSA) is 29.5 Å². The standard InChI is InChI=1S/C14H23F2NO2/c1-14(2,3)9-6-10-4-5-11(7-9)17(10)13(18)19-8-12(15)16/h9-12H,4-8H2,1-3H3. The van der Waals surface area contributed by atoms with Crippen LogP contribution in [0.15, 0.2) is 0 Å². The van der Waals surface area contributed by atoms with Gasteiger partial charge in [0.05, 0.1) is 0 Å². The molecule has 2 heterocycles. The number of amides is 1. The summed E-state index contributed by atoms with van der Waals surface area (Å²) in [5, 5.41) is 0. The Labute approximate surface area is 113 Å². The van der Waals surface area contributed by atoms with E-state index < -0.39 is 19.1 Å². The van der Waals surface area contributed by atoms with E-state index >= 15 is 0 Å². The van der Waals surface area contributed by atoms with Crippen LogP contribution in [0, 0.1) is 11.3 Å². The maximum atomic E-state index is 12.1. The first-order valence-electron chi connectivity index (χ1n) is 7.02. The van der Waals surface area contributed by atoms with Gasteiger partial charge in [-0.2, -0.15) is 0 Å². The lowest BCUT2D eigenvalue weighted by Crippen LogP contribution is -2.49. The van der Waals surface area contributed by atoms with Gasteiger partial charge in [0.15, 0.2) is 6.61 Å². The number of rotatable bonds is 2. The molecule has 0 aromatic heterocycles. The minimum Gasteiger partial charge on any atom is -0.443 e. The van der Waals surface area contributed by atoms with E-state index in [1.54, 1.807) is 4.90 Å². The first-order chi connectivity index (χ1) is 8.79. The monoisotopic (exact) mass is 275 g/mol. The number of hydrogen-bond donors (Lipinski definition) is 0. The van der Waals surface area contributed by atoms with Crippen LogP contribution in [0.3, 0.4) is 0 Å². The fourth-order valence-electron chi connectivity index (χ4n) is 3.39. The second-order valence-corrected chi connectivity index (χ2v) is 6.79. The average molecular weight is 275 g/mol. The van der Waals surface area contributed by atoms with Gasteiger partial charge in [-0.05, 0) is 37.0 Å². The van der Waals surface area contributed by atoms with Gasteiger partial charge >= 0.3 is 6.09 Å². The zero-order valence-corrected chi connectivity index (χ0v) is 11.9.